The van der Waals surface area contributed by atoms with Gasteiger partial charge in [-0.1, -0.05) is 0 Å². The number of hydrogen-bond donors (Lipinski definition) is 3. The summed E-state index contributed by atoms with van der Waals surface area (Å²) in [5.74, 6) is 0. The van der Waals surface area contributed by atoms with E-state index in [1.807, 2.05) is 0 Å². The third-order valence-corrected chi connectivity index (χ3v) is 0.909. The highest BCUT2D eigenvalue weighted by Gasteiger charge is 2.46. The Morgan fingerprint density at radius 1 is 0.667 bits per heavy atom. The number of rotatable bonds is 0. The Bertz CT molecular complexity index is 42.8. The van der Waals surface area contributed by atoms with E-state index in [0.29, 0.717) is 0 Å². The van der Waals surface area contributed by atoms with E-state index in [9.17, 15) is 0 Å². The zero-order valence-corrected chi connectivity index (χ0v) is 3.07. The van der Waals surface area contributed by atoms with Gasteiger partial charge in [-0.25, -0.2) is 0 Å². The summed E-state index contributed by atoms with van der Waals surface area (Å²) in [5, 5.41) is 24.6. The van der Waals surface area contributed by atoms with Crippen molar-refractivity contribution in [2.45, 2.75) is 18.3 Å². The van der Waals surface area contributed by atoms with Crippen LogP contribution >= 0.6 is 0 Å². The van der Waals surface area contributed by atoms with Crippen molar-refractivity contribution >= 4 is 0 Å². The van der Waals surface area contributed by atoms with Crippen molar-refractivity contribution in [2.75, 3.05) is 0 Å². The minimum Gasteiger partial charge on any atom is -0.387 e. The Hall–Kier alpha value is -0.120. The smallest absolute Gasteiger partial charge is 0.111 e. The second-order valence-electron chi connectivity index (χ2n) is 1.47. The second kappa shape index (κ2) is 0.932. The van der Waals surface area contributed by atoms with E-state index in [-0.39, 0.29) is 0 Å². The molecule has 0 radical (unpaired) electrons. The van der Waals surface area contributed by atoms with Crippen LogP contribution in [0.2, 0.25) is 0 Å². The number of aliphatic hydroxyl groups excluding tert-OH is 3. The first-order chi connectivity index (χ1) is 2.73. The predicted molar refractivity (Wildman–Crippen MR) is 18.0 cm³/mol. The summed E-state index contributed by atoms with van der Waals surface area (Å²) in [6.45, 7) is 0. The molecule has 36 valence electrons. The molecule has 0 aliphatic heterocycles. The minimum absolute atomic E-state index is 0.870. The zero-order valence-electron chi connectivity index (χ0n) is 3.07. The van der Waals surface area contributed by atoms with Gasteiger partial charge in [0.25, 0.3) is 0 Å². The van der Waals surface area contributed by atoms with E-state index in [2.05, 4.69) is 0 Å². The van der Waals surface area contributed by atoms with E-state index in [4.69, 9.17) is 15.3 Å². The topological polar surface area (TPSA) is 60.7 Å². The predicted octanol–water partition coefficient (Wildman–Crippen LogP) is -1.92. The SMILES string of the molecule is OC1C(O)C1O. The van der Waals surface area contributed by atoms with Crippen LogP contribution in [0.3, 0.4) is 0 Å². The summed E-state index contributed by atoms with van der Waals surface area (Å²) in [6.07, 6.45) is -2.61. The van der Waals surface area contributed by atoms with Gasteiger partial charge in [0.2, 0.25) is 0 Å². The summed E-state index contributed by atoms with van der Waals surface area (Å²) >= 11 is 0. The van der Waals surface area contributed by atoms with Crippen LogP contribution in [0.5, 0.6) is 0 Å². The van der Waals surface area contributed by atoms with E-state index in [1.165, 1.54) is 0 Å². The maximum Gasteiger partial charge on any atom is 0.111 e. The fraction of sp³-hybridized carbons (Fsp3) is 1.00. The van der Waals surface area contributed by atoms with Crippen LogP contribution < -0.4 is 0 Å². The molecule has 3 nitrogen and oxygen atoms in total. The average molecular weight is 90.1 g/mol. The van der Waals surface area contributed by atoms with Crippen LogP contribution in [0.25, 0.3) is 0 Å². The summed E-state index contributed by atoms with van der Waals surface area (Å²) in [6, 6.07) is 0. The number of aliphatic hydroxyl groups is 3. The Morgan fingerprint density at radius 2 is 0.833 bits per heavy atom. The molecule has 1 fully saturated rings. The molecule has 0 unspecified atom stereocenters. The molecule has 0 amide bonds. The van der Waals surface area contributed by atoms with Gasteiger partial charge >= 0.3 is 0 Å². The fourth-order valence-corrected chi connectivity index (χ4v) is 0.265. The average Bonchev–Trinajstić information content (AvgIpc) is 1.94. The van der Waals surface area contributed by atoms with Crippen molar-refractivity contribution in [3.63, 3.8) is 0 Å². The summed E-state index contributed by atoms with van der Waals surface area (Å²) in [7, 11) is 0. The van der Waals surface area contributed by atoms with E-state index < -0.39 is 18.3 Å². The van der Waals surface area contributed by atoms with Gasteiger partial charge in [0, 0.05) is 0 Å². The van der Waals surface area contributed by atoms with E-state index in [1.54, 1.807) is 0 Å². The van der Waals surface area contributed by atoms with Gasteiger partial charge in [0.05, 0.1) is 0 Å². The highest BCUT2D eigenvalue weighted by atomic mass is 16.4. The largest absolute Gasteiger partial charge is 0.387 e. The van der Waals surface area contributed by atoms with Crippen molar-refractivity contribution in [1.82, 2.24) is 0 Å². The fourth-order valence-electron chi connectivity index (χ4n) is 0.265. The monoisotopic (exact) mass is 90.0 g/mol. The number of hydrogen-bond acceptors (Lipinski definition) is 3. The molecule has 3 heteroatoms. The van der Waals surface area contributed by atoms with Crippen LogP contribution in [0, 0.1) is 0 Å². The maximum atomic E-state index is 8.20. The lowest BCUT2D eigenvalue weighted by Gasteiger charge is -1.67. The van der Waals surface area contributed by atoms with E-state index in [0.717, 1.165) is 0 Å². The third-order valence-electron chi connectivity index (χ3n) is 0.909. The van der Waals surface area contributed by atoms with Crippen molar-refractivity contribution in [3.8, 4) is 0 Å². The lowest BCUT2D eigenvalue weighted by atomic mass is 10.8. The minimum atomic E-state index is -0.870. The van der Waals surface area contributed by atoms with Crippen molar-refractivity contribution in [1.29, 1.82) is 0 Å². The van der Waals surface area contributed by atoms with Crippen LogP contribution in [0.15, 0.2) is 0 Å². The molecular formula is C3H6O3. The van der Waals surface area contributed by atoms with Gasteiger partial charge in [-0.2, -0.15) is 0 Å². The highest BCUT2D eigenvalue weighted by molar-refractivity contribution is 4.97. The molecule has 0 spiro atoms. The molecule has 3 N–H and O–H groups in total. The van der Waals surface area contributed by atoms with E-state index >= 15 is 0 Å². The molecule has 0 aromatic rings. The summed E-state index contributed by atoms with van der Waals surface area (Å²) in [5.41, 5.74) is 0. The van der Waals surface area contributed by atoms with Crippen molar-refractivity contribution in [2.24, 2.45) is 0 Å². The lowest BCUT2D eigenvalue weighted by Crippen LogP contribution is -1.85. The molecular weight excluding hydrogens is 84.0 g/mol. The van der Waals surface area contributed by atoms with Gasteiger partial charge in [0.1, 0.15) is 18.3 Å². The summed E-state index contributed by atoms with van der Waals surface area (Å²) < 4.78 is 0. The molecule has 6 heavy (non-hydrogen) atoms. The Labute approximate surface area is 34.8 Å². The molecule has 0 atom stereocenters. The molecule has 1 aliphatic rings. The van der Waals surface area contributed by atoms with Crippen LogP contribution in [-0.4, -0.2) is 33.6 Å². The zero-order chi connectivity index (χ0) is 4.73. The Kier molecular flexibility index (Phi) is 0.629. The first kappa shape index (κ1) is 4.05. The second-order valence-corrected chi connectivity index (χ2v) is 1.47. The van der Waals surface area contributed by atoms with Crippen LogP contribution in [-0.2, 0) is 0 Å². The van der Waals surface area contributed by atoms with Gasteiger partial charge < -0.3 is 15.3 Å². The molecule has 0 saturated heterocycles. The van der Waals surface area contributed by atoms with Crippen molar-refractivity contribution < 1.29 is 15.3 Å². The molecule has 1 saturated carbocycles. The highest BCUT2D eigenvalue weighted by Crippen LogP contribution is 2.20. The molecule has 0 aromatic heterocycles. The quantitative estimate of drug-likeness (QED) is 0.325. The van der Waals surface area contributed by atoms with Crippen LogP contribution in [0.1, 0.15) is 0 Å². The summed E-state index contributed by atoms with van der Waals surface area (Å²) in [4.78, 5) is 0. The van der Waals surface area contributed by atoms with Gasteiger partial charge in [0.15, 0.2) is 0 Å². The molecule has 1 rings (SSSR count). The molecule has 1 aliphatic carbocycles. The van der Waals surface area contributed by atoms with Gasteiger partial charge in [-0.05, 0) is 0 Å². The molecule has 0 heterocycles. The van der Waals surface area contributed by atoms with Crippen molar-refractivity contribution in [3.05, 3.63) is 0 Å². The molecule has 0 aromatic carbocycles. The lowest BCUT2D eigenvalue weighted by molar-refractivity contribution is 0.180. The Balaban J connectivity index is 2.31. The van der Waals surface area contributed by atoms with Gasteiger partial charge in [-0.15, -0.1) is 0 Å². The molecule has 0 bridgehead atoms. The standard InChI is InChI=1S/C3H6O3/c4-1-2(5)3(1)6/h1-6H. The van der Waals surface area contributed by atoms with Crippen LogP contribution in [0.4, 0.5) is 0 Å². The first-order valence-corrected chi connectivity index (χ1v) is 1.77. The third kappa shape index (κ3) is 0.330. The Morgan fingerprint density at radius 3 is 0.833 bits per heavy atom. The van der Waals surface area contributed by atoms with Gasteiger partial charge in [-0.3, -0.25) is 0 Å². The maximum absolute atomic E-state index is 8.20. The first-order valence-electron chi connectivity index (χ1n) is 1.77. The normalized spacial score (nSPS) is 55.5.